The van der Waals surface area contributed by atoms with Gasteiger partial charge in [-0.25, -0.2) is 9.83 Å². The van der Waals surface area contributed by atoms with Gasteiger partial charge in [0, 0.05) is 37.3 Å². The number of fused-ring (bicyclic) bond motifs is 2. The number of ether oxygens (including phenoxy) is 1. The number of nitrogens with zero attached hydrogens (tertiary/aromatic N) is 7. The smallest absolute Gasteiger partial charge is 0.302 e. The molecule has 3 aromatic heterocycles. The lowest BCUT2D eigenvalue weighted by Gasteiger charge is -2.29. The Morgan fingerprint density at radius 1 is 1.11 bits per heavy atom. The highest BCUT2D eigenvalue weighted by Gasteiger charge is 2.22. The summed E-state index contributed by atoms with van der Waals surface area (Å²) in [5.74, 6) is 0.470. The first-order valence-electron chi connectivity index (χ1n) is 12.2. The van der Waals surface area contributed by atoms with Gasteiger partial charge in [-0.3, -0.25) is 9.08 Å². The molecule has 36 heavy (non-hydrogen) atoms. The van der Waals surface area contributed by atoms with Gasteiger partial charge in [0.2, 0.25) is 0 Å². The Kier molecular flexibility index (Phi) is 5.62. The van der Waals surface area contributed by atoms with Crippen molar-refractivity contribution < 1.29 is 4.74 Å². The Labute approximate surface area is 209 Å². The van der Waals surface area contributed by atoms with Crippen LogP contribution in [-0.2, 0) is 7.05 Å². The lowest BCUT2D eigenvalue weighted by molar-refractivity contribution is 0.143. The molecule has 0 amide bonds. The van der Waals surface area contributed by atoms with E-state index in [1.165, 1.54) is 6.42 Å². The Morgan fingerprint density at radius 2 is 1.94 bits per heavy atom. The van der Waals surface area contributed by atoms with Gasteiger partial charge < -0.3 is 9.64 Å². The van der Waals surface area contributed by atoms with Crippen LogP contribution in [-0.4, -0.2) is 55.8 Å². The van der Waals surface area contributed by atoms with Gasteiger partial charge in [0.05, 0.1) is 36.1 Å². The molecule has 1 aliphatic rings. The highest BCUT2D eigenvalue weighted by atomic mass is 16.5. The van der Waals surface area contributed by atoms with E-state index in [9.17, 15) is 0 Å². The molecule has 0 aliphatic carbocycles. The van der Waals surface area contributed by atoms with Crippen LogP contribution in [0.2, 0.25) is 0 Å². The fourth-order valence-electron chi connectivity index (χ4n) is 5.13. The topological polar surface area (TPSA) is 64.8 Å². The maximum atomic E-state index is 7.33. The van der Waals surface area contributed by atoms with Crippen LogP contribution in [0.1, 0.15) is 12.8 Å². The van der Waals surface area contributed by atoms with Crippen LogP contribution in [0.4, 0.5) is 5.69 Å². The maximum absolute atomic E-state index is 7.33. The van der Waals surface area contributed by atoms with E-state index in [4.69, 9.17) is 21.3 Å². The van der Waals surface area contributed by atoms with Crippen LogP contribution in [0.15, 0.2) is 61.1 Å². The van der Waals surface area contributed by atoms with Crippen molar-refractivity contribution in [3.63, 3.8) is 0 Å². The summed E-state index contributed by atoms with van der Waals surface area (Å²) in [5, 5.41) is 5.48. The number of piperidine rings is 1. The normalized spacial score (nSPS) is 16.4. The Hall–Kier alpha value is -4.22. The Balaban J connectivity index is 1.50. The summed E-state index contributed by atoms with van der Waals surface area (Å²) in [4.78, 5) is 15.7. The monoisotopic (exact) mass is 477 g/mol. The number of aryl methyl sites for hydroxylation is 1. The van der Waals surface area contributed by atoms with E-state index >= 15 is 0 Å². The molecule has 8 nitrogen and oxygen atoms in total. The van der Waals surface area contributed by atoms with Crippen molar-refractivity contribution in [1.82, 2.24) is 29.0 Å². The number of hydrogen-bond acceptors (Lipinski definition) is 5. The molecule has 0 bridgehead atoms. The summed E-state index contributed by atoms with van der Waals surface area (Å²) in [6.45, 7) is 10.1. The van der Waals surface area contributed by atoms with Gasteiger partial charge in [-0.15, -0.1) is 0 Å². The van der Waals surface area contributed by atoms with Crippen molar-refractivity contribution in [2.75, 3.05) is 26.7 Å². The summed E-state index contributed by atoms with van der Waals surface area (Å²) in [7, 11) is 4.11. The van der Waals surface area contributed by atoms with Crippen LogP contribution in [0.25, 0.3) is 43.8 Å². The minimum atomic E-state index is 0.470. The van der Waals surface area contributed by atoms with Crippen molar-refractivity contribution in [2.45, 2.75) is 12.8 Å². The van der Waals surface area contributed by atoms with Gasteiger partial charge in [0.1, 0.15) is 0 Å². The summed E-state index contributed by atoms with van der Waals surface area (Å²) < 4.78 is 10.2. The number of imidazole rings is 1. The van der Waals surface area contributed by atoms with Crippen LogP contribution in [0.3, 0.4) is 0 Å². The van der Waals surface area contributed by atoms with E-state index in [1.54, 1.807) is 6.20 Å². The first-order valence-corrected chi connectivity index (χ1v) is 12.2. The fourth-order valence-corrected chi connectivity index (χ4v) is 5.13. The molecule has 1 saturated heterocycles. The molecule has 0 spiro atoms. The quantitative estimate of drug-likeness (QED) is 0.325. The Bertz CT molecular complexity index is 1590. The molecule has 0 saturated carbocycles. The van der Waals surface area contributed by atoms with Crippen molar-refractivity contribution >= 4 is 22.2 Å². The zero-order chi connectivity index (χ0) is 24.6. The van der Waals surface area contributed by atoms with Crippen molar-refractivity contribution in [1.29, 1.82) is 0 Å². The molecule has 0 unspecified atom stereocenters. The molecule has 0 radical (unpaired) electrons. The van der Waals surface area contributed by atoms with Gasteiger partial charge in [-0.2, -0.15) is 10.1 Å². The van der Waals surface area contributed by atoms with E-state index in [0.717, 1.165) is 58.4 Å². The molecular formula is C28H27N7O. The molecule has 1 aliphatic heterocycles. The van der Waals surface area contributed by atoms with Crippen LogP contribution in [0, 0.1) is 12.5 Å². The largest absolute Gasteiger partial charge is 0.464 e. The number of rotatable bonds is 5. The molecule has 180 valence electrons. The van der Waals surface area contributed by atoms with Gasteiger partial charge in [0.25, 0.3) is 0 Å². The van der Waals surface area contributed by atoms with Crippen LogP contribution < -0.4 is 4.74 Å². The second-order valence-electron chi connectivity index (χ2n) is 9.52. The molecule has 0 N–H and O–H groups in total. The predicted molar refractivity (Wildman–Crippen MR) is 140 cm³/mol. The molecular weight excluding hydrogens is 450 g/mol. The summed E-state index contributed by atoms with van der Waals surface area (Å²) >= 11 is 0. The highest BCUT2D eigenvalue weighted by Crippen LogP contribution is 2.37. The second-order valence-corrected chi connectivity index (χ2v) is 9.52. The minimum absolute atomic E-state index is 0.470. The summed E-state index contributed by atoms with van der Waals surface area (Å²) in [5.41, 5.74) is 6.02. The summed E-state index contributed by atoms with van der Waals surface area (Å²) in [6, 6.07) is 14.4. The van der Waals surface area contributed by atoms with Crippen molar-refractivity contribution in [3.05, 3.63) is 72.5 Å². The molecule has 2 aromatic carbocycles. The number of likely N-dealkylation sites (tertiary alicyclic amines) is 1. The fraction of sp³-hybridized carbons (Fsp3) is 0.286. The van der Waals surface area contributed by atoms with E-state index < -0.39 is 0 Å². The lowest BCUT2D eigenvalue weighted by Crippen LogP contribution is -2.35. The van der Waals surface area contributed by atoms with E-state index in [0.29, 0.717) is 24.2 Å². The zero-order valence-electron chi connectivity index (χ0n) is 20.4. The average Bonchev–Trinajstić information content (AvgIpc) is 3.54. The first-order chi connectivity index (χ1) is 17.6. The van der Waals surface area contributed by atoms with Gasteiger partial charge in [-0.1, -0.05) is 36.4 Å². The average molecular weight is 478 g/mol. The molecule has 8 heteroatoms. The number of hydrogen-bond donors (Lipinski definition) is 0. The third-order valence-corrected chi connectivity index (χ3v) is 6.99. The molecule has 4 heterocycles. The lowest BCUT2D eigenvalue weighted by atomic mass is 9.99. The number of benzene rings is 2. The first kappa shape index (κ1) is 22.3. The highest BCUT2D eigenvalue weighted by molar-refractivity contribution is 5.94. The van der Waals surface area contributed by atoms with E-state index in [-0.39, 0.29) is 0 Å². The number of aromatic nitrogens is 5. The van der Waals surface area contributed by atoms with Crippen molar-refractivity contribution in [2.24, 2.45) is 13.0 Å². The second kappa shape index (κ2) is 9.10. The van der Waals surface area contributed by atoms with Crippen LogP contribution in [0.5, 0.6) is 6.01 Å². The Morgan fingerprint density at radius 3 is 2.75 bits per heavy atom. The standard InChI is InChI=1S/C28H27N7O/c1-29-23-10-8-20(9-11-23)26-25(21-6-7-22-16-31-34(3)24(22)15-21)27-30-12-14-35(27)28(32-26)36-18-19-5-4-13-33(2)17-19/h6-12,14-16,19H,4-5,13,17-18H2,2-3H3/t19-/m1/s1. The molecule has 1 fully saturated rings. The third kappa shape index (κ3) is 3.97. The molecule has 1 atom stereocenters. The van der Waals surface area contributed by atoms with Crippen LogP contribution >= 0.6 is 0 Å². The van der Waals surface area contributed by atoms with Gasteiger partial charge in [-0.05, 0) is 43.6 Å². The summed E-state index contributed by atoms with van der Waals surface area (Å²) in [6.07, 6.45) is 7.91. The zero-order valence-corrected chi connectivity index (χ0v) is 20.4. The minimum Gasteiger partial charge on any atom is -0.464 e. The van der Waals surface area contributed by atoms with E-state index in [1.807, 2.05) is 52.8 Å². The predicted octanol–water partition coefficient (Wildman–Crippen LogP) is 5.22. The molecule has 5 aromatic rings. The van der Waals surface area contributed by atoms with Gasteiger partial charge in [0.15, 0.2) is 11.3 Å². The van der Waals surface area contributed by atoms with E-state index in [2.05, 4.69) is 40.1 Å². The molecule has 6 rings (SSSR count). The third-order valence-electron chi connectivity index (χ3n) is 6.99. The van der Waals surface area contributed by atoms with Crippen molar-refractivity contribution in [3.8, 4) is 28.4 Å². The van der Waals surface area contributed by atoms with Gasteiger partial charge >= 0.3 is 6.01 Å². The SMILES string of the molecule is [C-]#[N+]c1ccc(-c2nc(OC[C@@H]3CCCN(C)C3)n3ccnc3c2-c2ccc3cnn(C)c3c2)cc1. The maximum Gasteiger partial charge on any atom is 0.302 e.